The molecule has 0 atom stereocenters. The van der Waals surface area contributed by atoms with E-state index >= 15 is 0 Å². The van der Waals surface area contributed by atoms with Gasteiger partial charge in [0.1, 0.15) is 10.7 Å². The third-order valence-electron chi connectivity index (χ3n) is 6.01. The van der Waals surface area contributed by atoms with Crippen LogP contribution in [0.15, 0.2) is 29.6 Å². The third kappa shape index (κ3) is 4.51. The van der Waals surface area contributed by atoms with Crippen molar-refractivity contribution in [3.05, 3.63) is 40.9 Å². The number of hydrogen-bond acceptors (Lipinski definition) is 4. The molecule has 1 aromatic carbocycles. The summed E-state index contributed by atoms with van der Waals surface area (Å²) in [6.45, 7) is 8.38. The second-order valence-electron chi connectivity index (χ2n) is 8.42. The van der Waals surface area contributed by atoms with Crippen LogP contribution in [0.2, 0.25) is 0 Å². The van der Waals surface area contributed by atoms with Gasteiger partial charge in [0, 0.05) is 50.2 Å². The zero-order valence-corrected chi connectivity index (χ0v) is 18.7. The molecule has 160 valence electrons. The highest BCUT2D eigenvalue weighted by atomic mass is 32.1. The van der Waals surface area contributed by atoms with Gasteiger partial charge >= 0.3 is 6.03 Å². The molecule has 0 aliphatic carbocycles. The SMILES string of the molecule is CC(C)c1ccc(-c2nc(C(=O)N3CCN(C(=O)N4CCCCC4)CC3)cs2)cc1. The molecule has 1 aromatic heterocycles. The molecule has 3 amide bonds. The summed E-state index contributed by atoms with van der Waals surface area (Å²) >= 11 is 1.50. The Labute approximate surface area is 182 Å². The van der Waals surface area contributed by atoms with E-state index in [2.05, 4.69) is 43.1 Å². The normalized spacial score (nSPS) is 17.5. The van der Waals surface area contributed by atoms with Gasteiger partial charge in [0.25, 0.3) is 5.91 Å². The quantitative estimate of drug-likeness (QED) is 0.735. The fraction of sp³-hybridized carbons (Fsp3) is 0.522. The molecule has 2 fully saturated rings. The number of piperidine rings is 1. The Bertz CT molecular complexity index is 879. The highest BCUT2D eigenvalue weighted by Gasteiger charge is 2.29. The van der Waals surface area contributed by atoms with E-state index in [1.807, 2.05) is 20.1 Å². The van der Waals surface area contributed by atoms with Crippen LogP contribution in [-0.4, -0.2) is 70.9 Å². The maximum absolute atomic E-state index is 12.9. The van der Waals surface area contributed by atoms with Crippen molar-refractivity contribution in [1.29, 1.82) is 0 Å². The molecule has 2 aliphatic heterocycles. The van der Waals surface area contributed by atoms with Crippen LogP contribution < -0.4 is 0 Å². The van der Waals surface area contributed by atoms with Gasteiger partial charge in [-0.25, -0.2) is 9.78 Å². The number of urea groups is 1. The minimum Gasteiger partial charge on any atom is -0.334 e. The lowest BCUT2D eigenvalue weighted by Crippen LogP contribution is -2.54. The first-order valence-electron chi connectivity index (χ1n) is 10.9. The van der Waals surface area contributed by atoms with Crippen molar-refractivity contribution in [2.24, 2.45) is 0 Å². The number of aromatic nitrogens is 1. The van der Waals surface area contributed by atoms with Crippen molar-refractivity contribution < 1.29 is 9.59 Å². The molecule has 6 nitrogen and oxygen atoms in total. The van der Waals surface area contributed by atoms with Crippen molar-refractivity contribution in [2.45, 2.75) is 39.0 Å². The van der Waals surface area contributed by atoms with Crippen LogP contribution in [0.4, 0.5) is 4.79 Å². The Morgan fingerprint density at radius 2 is 1.47 bits per heavy atom. The first-order chi connectivity index (χ1) is 14.5. The number of rotatable bonds is 3. The molecule has 0 bridgehead atoms. The smallest absolute Gasteiger partial charge is 0.320 e. The number of nitrogens with zero attached hydrogens (tertiary/aromatic N) is 4. The van der Waals surface area contributed by atoms with Crippen molar-refractivity contribution in [3.8, 4) is 10.6 Å². The number of piperazine rings is 1. The van der Waals surface area contributed by atoms with E-state index < -0.39 is 0 Å². The van der Waals surface area contributed by atoms with E-state index in [4.69, 9.17) is 0 Å². The molecule has 7 heteroatoms. The molecule has 0 unspecified atom stereocenters. The second kappa shape index (κ2) is 9.16. The minimum absolute atomic E-state index is 0.0404. The Kier molecular flexibility index (Phi) is 6.37. The summed E-state index contributed by atoms with van der Waals surface area (Å²) in [7, 11) is 0. The molecule has 3 heterocycles. The summed E-state index contributed by atoms with van der Waals surface area (Å²) in [6, 6.07) is 8.53. The standard InChI is InChI=1S/C23H30N4O2S/c1-17(2)18-6-8-19(9-7-18)21-24-20(16-30-21)22(28)25-12-14-27(15-13-25)23(29)26-10-4-3-5-11-26/h6-9,16-17H,3-5,10-15H2,1-2H3. The maximum Gasteiger partial charge on any atom is 0.320 e. The van der Waals surface area contributed by atoms with Crippen LogP contribution in [-0.2, 0) is 0 Å². The van der Waals surface area contributed by atoms with Crippen LogP contribution >= 0.6 is 11.3 Å². The molecule has 0 saturated carbocycles. The van der Waals surface area contributed by atoms with Gasteiger partial charge in [-0.15, -0.1) is 11.3 Å². The summed E-state index contributed by atoms with van der Waals surface area (Å²) in [4.78, 5) is 35.8. The van der Waals surface area contributed by atoms with Crippen molar-refractivity contribution >= 4 is 23.3 Å². The van der Waals surface area contributed by atoms with Crippen molar-refractivity contribution in [1.82, 2.24) is 19.7 Å². The summed E-state index contributed by atoms with van der Waals surface area (Å²) < 4.78 is 0. The number of thiazole rings is 1. The molecule has 2 aliphatic rings. The van der Waals surface area contributed by atoms with E-state index in [-0.39, 0.29) is 11.9 Å². The van der Waals surface area contributed by atoms with Crippen LogP contribution in [0.1, 0.15) is 55.1 Å². The molecule has 0 N–H and O–H groups in total. The largest absolute Gasteiger partial charge is 0.334 e. The molecule has 0 spiro atoms. The number of carbonyl (C=O) groups excluding carboxylic acids is 2. The van der Waals surface area contributed by atoms with Crippen LogP contribution in [0.25, 0.3) is 10.6 Å². The fourth-order valence-electron chi connectivity index (χ4n) is 4.06. The molecule has 4 rings (SSSR count). The molecule has 30 heavy (non-hydrogen) atoms. The molecular formula is C23H30N4O2S. The number of benzene rings is 1. The molecule has 2 saturated heterocycles. The maximum atomic E-state index is 12.9. The highest BCUT2D eigenvalue weighted by molar-refractivity contribution is 7.13. The first kappa shape index (κ1) is 20.8. The van der Waals surface area contributed by atoms with Gasteiger partial charge in [-0.1, -0.05) is 38.1 Å². The Balaban J connectivity index is 1.35. The minimum atomic E-state index is -0.0404. The lowest BCUT2D eigenvalue weighted by Gasteiger charge is -2.38. The summed E-state index contributed by atoms with van der Waals surface area (Å²) in [5, 5.41) is 2.71. The second-order valence-corrected chi connectivity index (χ2v) is 9.28. The van der Waals surface area contributed by atoms with E-state index in [1.165, 1.54) is 23.3 Å². The van der Waals surface area contributed by atoms with Gasteiger partial charge in [0.15, 0.2) is 0 Å². The van der Waals surface area contributed by atoms with Gasteiger partial charge in [-0.2, -0.15) is 0 Å². The van der Waals surface area contributed by atoms with Crippen molar-refractivity contribution in [2.75, 3.05) is 39.3 Å². The number of amides is 3. The average Bonchev–Trinajstić information content (AvgIpc) is 3.29. The van der Waals surface area contributed by atoms with Gasteiger partial charge in [0.05, 0.1) is 0 Å². The first-order valence-corrected chi connectivity index (χ1v) is 11.8. The Hall–Kier alpha value is -2.41. The van der Waals surface area contributed by atoms with Crippen LogP contribution in [0, 0.1) is 0 Å². The summed E-state index contributed by atoms with van der Waals surface area (Å²) in [6.07, 6.45) is 3.40. The number of carbonyl (C=O) groups is 2. The lowest BCUT2D eigenvalue weighted by molar-refractivity contribution is 0.0628. The van der Waals surface area contributed by atoms with Gasteiger partial charge in [-0.3, -0.25) is 4.79 Å². The topological polar surface area (TPSA) is 56.8 Å². The molecule has 2 aromatic rings. The monoisotopic (exact) mass is 426 g/mol. The lowest BCUT2D eigenvalue weighted by atomic mass is 10.0. The summed E-state index contributed by atoms with van der Waals surface area (Å²) in [5.41, 5.74) is 2.84. The zero-order valence-electron chi connectivity index (χ0n) is 17.8. The Morgan fingerprint density at radius 3 is 2.10 bits per heavy atom. The number of likely N-dealkylation sites (tertiary alicyclic amines) is 1. The van der Waals surface area contributed by atoms with Crippen molar-refractivity contribution in [3.63, 3.8) is 0 Å². The predicted octanol–water partition coefficient (Wildman–Crippen LogP) is 4.30. The number of hydrogen-bond donors (Lipinski definition) is 0. The zero-order chi connectivity index (χ0) is 21.1. The van der Waals surface area contributed by atoms with E-state index in [0.717, 1.165) is 36.5 Å². The summed E-state index contributed by atoms with van der Waals surface area (Å²) in [5.74, 6) is 0.453. The van der Waals surface area contributed by atoms with E-state index in [0.29, 0.717) is 37.8 Å². The predicted molar refractivity (Wildman–Crippen MR) is 120 cm³/mol. The highest BCUT2D eigenvalue weighted by Crippen LogP contribution is 2.26. The van der Waals surface area contributed by atoms with Gasteiger partial charge < -0.3 is 14.7 Å². The average molecular weight is 427 g/mol. The van der Waals surface area contributed by atoms with Crippen LogP contribution in [0.5, 0.6) is 0 Å². The van der Waals surface area contributed by atoms with E-state index in [1.54, 1.807) is 0 Å². The van der Waals surface area contributed by atoms with Gasteiger partial charge in [-0.05, 0) is 30.7 Å². The van der Waals surface area contributed by atoms with Crippen LogP contribution in [0.3, 0.4) is 0 Å². The molecular weight excluding hydrogens is 396 g/mol. The van der Waals surface area contributed by atoms with Gasteiger partial charge in [0.2, 0.25) is 0 Å². The molecule has 0 radical (unpaired) electrons. The fourth-order valence-corrected chi connectivity index (χ4v) is 4.86. The third-order valence-corrected chi connectivity index (χ3v) is 6.90. The van der Waals surface area contributed by atoms with E-state index in [9.17, 15) is 9.59 Å². The Morgan fingerprint density at radius 1 is 0.867 bits per heavy atom.